The number of hydrogen-bond donors (Lipinski definition) is 0. The number of hydrogen-bond acceptors (Lipinski definition) is 8. The van der Waals surface area contributed by atoms with Crippen molar-refractivity contribution in [2.75, 3.05) is 40.3 Å². The van der Waals surface area contributed by atoms with E-state index in [1.54, 1.807) is 38.9 Å². The third-order valence-corrected chi connectivity index (χ3v) is 5.52. The molecule has 0 saturated heterocycles. The molecule has 0 amide bonds. The minimum absolute atomic E-state index is 0.535. The van der Waals surface area contributed by atoms with E-state index >= 15 is 0 Å². The standard InChI is InChI=1S/C21H21N3O4S/c1-24(2)21-23-15(11-29-21)13-6-7-22-14-10-16(28-19(13)14)12-8-17(25-3)20(27-5)18(9-12)26-4/h6-11H,1-5H3. The monoisotopic (exact) mass is 411 g/mol. The second-order valence-electron chi connectivity index (χ2n) is 6.51. The molecule has 0 N–H and O–H groups in total. The molecule has 0 spiro atoms. The first-order valence-corrected chi connectivity index (χ1v) is 9.75. The number of benzene rings is 1. The highest BCUT2D eigenvalue weighted by atomic mass is 32.1. The molecule has 4 rings (SSSR count). The predicted octanol–water partition coefficient (Wildman–Crippen LogP) is 4.71. The molecule has 0 aliphatic carbocycles. The number of nitrogens with zero attached hydrogens (tertiary/aromatic N) is 3. The molecule has 0 bridgehead atoms. The molecule has 3 aromatic heterocycles. The van der Waals surface area contributed by atoms with E-state index in [0.717, 1.165) is 27.5 Å². The average Bonchev–Trinajstić information content (AvgIpc) is 3.39. The van der Waals surface area contributed by atoms with Crippen LogP contribution in [0.15, 0.2) is 40.3 Å². The van der Waals surface area contributed by atoms with Gasteiger partial charge in [0.1, 0.15) is 11.3 Å². The Morgan fingerprint density at radius 1 is 1.00 bits per heavy atom. The molecule has 3 heterocycles. The molecule has 0 fully saturated rings. The van der Waals surface area contributed by atoms with Crippen molar-refractivity contribution in [2.24, 2.45) is 0 Å². The van der Waals surface area contributed by atoms with E-state index in [1.807, 2.05) is 48.6 Å². The number of thiazole rings is 1. The third kappa shape index (κ3) is 3.36. The largest absolute Gasteiger partial charge is 0.493 e. The first-order valence-electron chi connectivity index (χ1n) is 8.87. The van der Waals surface area contributed by atoms with Crippen molar-refractivity contribution in [1.29, 1.82) is 0 Å². The van der Waals surface area contributed by atoms with E-state index in [2.05, 4.69) is 9.97 Å². The number of furan rings is 1. The van der Waals surface area contributed by atoms with Gasteiger partial charge in [0.05, 0.1) is 27.0 Å². The molecule has 7 nitrogen and oxygen atoms in total. The normalized spacial score (nSPS) is 10.9. The lowest BCUT2D eigenvalue weighted by atomic mass is 10.1. The first kappa shape index (κ1) is 19.1. The summed E-state index contributed by atoms with van der Waals surface area (Å²) in [5.74, 6) is 2.31. The van der Waals surface area contributed by atoms with Crippen molar-refractivity contribution in [3.8, 4) is 39.8 Å². The van der Waals surface area contributed by atoms with Crippen molar-refractivity contribution < 1.29 is 18.6 Å². The van der Waals surface area contributed by atoms with Crippen molar-refractivity contribution in [3.63, 3.8) is 0 Å². The number of pyridine rings is 1. The molecule has 29 heavy (non-hydrogen) atoms. The van der Waals surface area contributed by atoms with E-state index in [1.165, 1.54) is 0 Å². The van der Waals surface area contributed by atoms with Gasteiger partial charge < -0.3 is 23.5 Å². The smallest absolute Gasteiger partial charge is 0.203 e. The summed E-state index contributed by atoms with van der Waals surface area (Å²) in [7, 11) is 8.70. The Kier molecular flexibility index (Phi) is 5.02. The molecule has 0 saturated carbocycles. The number of aromatic nitrogens is 2. The number of fused-ring (bicyclic) bond motifs is 1. The second kappa shape index (κ2) is 7.63. The highest BCUT2D eigenvalue weighted by Gasteiger charge is 2.19. The number of ether oxygens (including phenoxy) is 3. The lowest BCUT2D eigenvalue weighted by Gasteiger charge is -2.13. The second-order valence-corrected chi connectivity index (χ2v) is 7.34. The Labute approximate surface area is 172 Å². The Bertz CT molecular complexity index is 1140. The van der Waals surface area contributed by atoms with Crippen molar-refractivity contribution >= 4 is 27.6 Å². The molecular formula is C21H21N3O4S. The Morgan fingerprint density at radius 3 is 2.31 bits per heavy atom. The van der Waals surface area contributed by atoms with Crippen LogP contribution in [0.5, 0.6) is 17.2 Å². The maximum absolute atomic E-state index is 6.22. The molecule has 0 aliphatic heterocycles. The summed E-state index contributed by atoms with van der Waals surface area (Å²) in [6, 6.07) is 7.52. The van der Waals surface area contributed by atoms with Gasteiger partial charge in [-0.1, -0.05) is 0 Å². The molecule has 8 heteroatoms. The summed E-state index contributed by atoms with van der Waals surface area (Å²) in [5, 5.41) is 2.95. The zero-order valence-electron chi connectivity index (χ0n) is 16.8. The summed E-state index contributed by atoms with van der Waals surface area (Å²) in [6.07, 6.45) is 1.76. The van der Waals surface area contributed by atoms with E-state index in [-0.39, 0.29) is 0 Å². The van der Waals surface area contributed by atoms with Crippen LogP contribution >= 0.6 is 11.3 Å². The van der Waals surface area contributed by atoms with E-state index in [9.17, 15) is 0 Å². The quantitative estimate of drug-likeness (QED) is 0.455. The van der Waals surface area contributed by atoms with Crippen LogP contribution in [0.1, 0.15) is 0 Å². The molecule has 150 valence electrons. The lowest BCUT2D eigenvalue weighted by Crippen LogP contribution is -2.07. The summed E-state index contributed by atoms with van der Waals surface area (Å²) in [6.45, 7) is 0. The Morgan fingerprint density at radius 2 is 1.72 bits per heavy atom. The maximum atomic E-state index is 6.22. The summed E-state index contributed by atoms with van der Waals surface area (Å²) in [5.41, 5.74) is 4.00. The van der Waals surface area contributed by atoms with Gasteiger partial charge in [0.25, 0.3) is 0 Å². The molecule has 4 aromatic rings. The van der Waals surface area contributed by atoms with Crippen LogP contribution in [0, 0.1) is 0 Å². The van der Waals surface area contributed by atoms with Gasteiger partial charge in [-0.3, -0.25) is 4.98 Å². The Hall–Kier alpha value is -3.26. The van der Waals surface area contributed by atoms with Crippen molar-refractivity contribution in [3.05, 3.63) is 35.8 Å². The predicted molar refractivity (Wildman–Crippen MR) is 115 cm³/mol. The van der Waals surface area contributed by atoms with Crippen LogP contribution in [0.2, 0.25) is 0 Å². The van der Waals surface area contributed by atoms with Crippen LogP contribution < -0.4 is 19.1 Å². The zero-order valence-corrected chi connectivity index (χ0v) is 17.7. The van der Waals surface area contributed by atoms with Gasteiger partial charge in [-0.15, -0.1) is 11.3 Å². The van der Waals surface area contributed by atoms with Gasteiger partial charge in [-0.2, -0.15) is 0 Å². The summed E-state index contributed by atoms with van der Waals surface area (Å²) >= 11 is 1.58. The fourth-order valence-corrected chi connectivity index (χ4v) is 3.86. The lowest BCUT2D eigenvalue weighted by molar-refractivity contribution is 0.324. The minimum Gasteiger partial charge on any atom is -0.493 e. The Balaban J connectivity index is 1.84. The van der Waals surface area contributed by atoms with Gasteiger partial charge >= 0.3 is 0 Å². The van der Waals surface area contributed by atoms with Crippen LogP contribution in [0.3, 0.4) is 0 Å². The molecule has 1 aromatic carbocycles. The van der Waals surface area contributed by atoms with Crippen LogP contribution in [0.25, 0.3) is 33.7 Å². The third-order valence-electron chi connectivity index (χ3n) is 4.51. The SMILES string of the molecule is COc1cc(-c2cc3nccc(-c4csc(N(C)C)n4)c3o2)cc(OC)c1OC. The number of methoxy groups -OCH3 is 3. The minimum atomic E-state index is 0.535. The number of anilines is 1. The van der Waals surface area contributed by atoms with Gasteiger partial charge in [0.15, 0.2) is 22.2 Å². The van der Waals surface area contributed by atoms with Crippen LogP contribution in [-0.4, -0.2) is 45.4 Å². The van der Waals surface area contributed by atoms with Crippen LogP contribution in [-0.2, 0) is 0 Å². The van der Waals surface area contributed by atoms with Crippen LogP contribution in [0.4, 0.5) is 5.13 Å². The fourth-order valence-electron chi connectivity index (χ4n) is 3.10. The van der Waals surface area contributed by atoms with Gasteiger partial charge in [-0.25, -0.2) is 4.98 Å². The molecular weight excluding hydrogens is 390 g/mol. The average molecular weight is 411 g/mol. The molecule has 0 unspecified atom stereocenters. The van der Waals surface area contributed by atoms with Gasteiger partial charge in [0.2, 0.25) is 5.75 Å². The van der Waals surface area contributed by atoms with Gasteiger partial charge in [-0.05, 0) is 18.2 Å². The summed E-state index contributed by atoms with van der Waals surface area (Å²) < 4.78 is 22.5. The zero-order chi connectivity index (χ0) is 20.5. The van der Waals surface area contributed by atoms with E-state index in [4.69, 9.17) is 18.6 Å². The fraction of sp³-hybridized carbons (Fsp3) is 0.238. The first-order chi connectivity index (χ1) is 14.0. The maximum Gasteiger partial charge on any atom is 0.203 e. The van der Waals surface area contributed by atoms with Crippen molar-refractivity contribution in [1.82, 2.24) is 9.97 Å². The van der Waals surface area contributed by atoms with E-state index < -0.39 is 0 Å². The highest BCUT2D eigenvalue weighted by Crippen LogP contribution is 2.43. The summed E-state index contributed by atoms with van der Waals surface area (Å²) in [4.78, 5) is 11.1. The molecule has 0 atom stereocenters. The number of rotatable bonds is 6. The molecule has 0 radical (unpaired) electrons. The van der Waals surface area contributed by atoms with Gasteiger partial charge in [0, 0.05) is 42.9 Å². The van der Waals surface area contributed by atoms with Crippen molar-refractivity contribution in [2.45, 2.75) is 0 Å². The molecule has 0 aliphatic rings. The topological polar surface area (TPSA) is 69.9 Å². The highest BCUT2D eigenvalue weighted by molar-refractivity contribution is 7.14. The van der Waals surface area contributed by atoms with E-state index in [0.29, 0.717) is 28.6 Å².